The van der Waals surface area contributed by atoms with Crippen LogP contribution >= 0.6 is 0 Å². The van der Waals surface area contributed by atoms with Gasteiger partial charge in [-0.05, 0) is 31.5 Å². The van der Waals surface area contributed by atoms with Crippen molar-refractivity contribution < 1.29 is 9.90 Å². The maximum absolute atomic E-state index is 11.8. The molecule has 88 valence electrons. The molecule has 1 amide bonds. The molecule has 4 N–H and O–H groups in total. The number of amides is 1. The number of carbonyl (C=O) groups is 1. The van der Waals surface area contributed by atoms with Gasteiger partial charge in [-0.25, -0.2) is 0 Å². The molecule has 1 atom stereocenters. The third-order valence-corrected chi connectivity index (χ3v) is 2.38. The lowest BCUT2D eigenvalue weighted by atomic mass is 10.1. The molecule has 1 aromatic carbocycles. The Morgan fingerprint density at radius 1 is 1.56 bits per heavy atom. The number of anilines is 1. The van der Waals surface area contributed by atoms with E-state index in [-0.39, 0.29) is 17.7 Å². The molecule has 0 heterocycles. The highest BCUT2D eigenvalue weighted by Crippen LogP contribution is 2.18. The second-order valence-electron chi connectivity index (χ2n) is 3.93. The molecule has 0 fully saturated rings. The van der Waals surface area contributed by atoms with Gasteiger partial charge in [-0.15, -0.1) is 0 Å². The van der Waals surface area contributed by atoms with Crippen LogP contribution in [0.1, 0.15) is 37.0 Å². The quantitative estimate of drug-likeness (QED) is 0.538. The fourth-order valence-corrected chi connectivity index (χ4v) is 1.55. The van der Waals surface area contributed by atoms with Gasteiger partial charge < -0.3 is 16.2 Å². The number of phenolic OH excluding ortho intramolecular Hbond substituents is 1. The zero-order valence-corrected chi connectivity index (χ0v) is 9.66. The number of hydrogen-bond donors (Lipinski definition) is 3. The summed E-state index contributed by atoms with van der Waals surface area (Å²) >= 11 is 0. The van der Waals surface area contributed by atoms with Crippen LogP contribution in [-0.2, 0) is 0 Å². The van der Waals surface area contributed by atoms with Gasteiger partial charge >= 0.3 is 0 Å². The number of carbonyl (C=O) groups excluding carboxylic acids is 1. The summed E-state index contributed by atoms with van der Waals surface area (Å²) in [5, 5.41) is 12.1. The Hall–Kier alpha value is -1.71. The van der Waals surface area contributed by atoms with Crippen molar-refractivity contribution in [3.05, 3.63) is 23.8 Å². The van der Waals surface area contributed by atoms with Crippen molar-refractivity contribution >= 4 is 11.6 Å². The van der Waals surface area contributed by atoms with Crippen LogP contribution in [0, 0.1) is 0 Å². The first kappa shape index (κ1) is 12.4. The summed E-state index contributed by atoms with van der Waals surface area (Å²) in [6.45, 7) is 4.01. The Bertz CT molecular complexity index is 377. The smallest absolute Gasteiger partial charge is 0.253 e. The Balaban J connectivity index is 2.76. The zero-order chi connectivity index (χ0) is 12.1. The van der Waals surface area contributed by atoms with Gasteiger partial charge in [-0.2, -0.15) is 0 Å². The summed E-state index contributed by atoms with van der Waals surface area (Å²) < 4.78 is 0. The summed E-state index contributed by atoms with van der Waals surface area (Å²) in [4.78, 5) is 11.8. The van der Waals surface area contributed by atoms with Crippen molar-refractivity contribution in [2.24, 2.45) is 0 Å². The average Bonchev–Trinajstić information content (AvgIpc) is 2.21. The minimum absolute atomic E-state index is 0.0440. The fraction of sp³-hybridized carbons (Fsp3) is 0.417. The molecule has 0 saturated carbocycles. The van der Waals surface area contributed by atoms with Gasteiger partial charge in [-0.1, -0.05) is 13.3 Å². The Labute approximate surface area is 95.5 Å². The van der Waals surface area contributed by atoms with Crippen molar-refractivity contribution in [1.82, 2.24) is 5.32 Å². The van der Waals surface area contributed by atoms with Crippen LogP contribution in [0.4, 0.5) is 5.69 Å². The highest BCUT2D eigenvalue weighted by atomic mass is 16.3. The van der Waals surface area contributed by atoms with E-state index >= 15 is 0 Å². The van der Waals surface area contributed by atoms with Crippen molar-refractivity contribution in [2.75, 3.05) is 5.73 Å². The lowest BCUT2D eigenvalue weighted by molar-refractivity contribution is 0.0939. The molecule has 1 rings (SSSR count). The molecule has 0 radical (unpaired) electrons. The number of nitrogens with two attached hydrogens (primary N) is 1. The minimum Gasteiger partial charge on any atom is -0.508 e. The predicted molar refractivity (Wildman–Crippen MR) is 64.4 cm³/mol. The molecule has 0 spiro atoms. The highest BCUT2D eigenvalue weighted by Gasteiger charge is 2.12. The number of aromatic hydroxyl groups is 1. The maximum Gasteiger partial charge on any atom is 0.253 e. The van der Waals surface area contributed by atoms with E-state index in [9.17, 15) is 9.90 Å². The Kier molecular flexibility index (Phi) is 4.17. The molecular weight excluding hydrogens is 204 g/mol. The first-order valence-electron chi connectivity index (χ1n) is 5.44. The first-order valence-corrected chi connectivity index (χ1v) is 5.44. The molecular formula is C12H18N2O2. The van der Waals surface area contributed by atoms with Crippen LogP contribution in [0.2, 0.25) is 0 Å². The molecule has 0 aliphatic carbocycles. The number of phenols is 1. The molecule has 0 aromatic heterocycles. The number of hydrogen-bond acceptors (Lipinski definition) is 3. The largest absolute Gasteiger partial charge is 0.508 e. The van der Waals surface area contributed by atoms with E-state index in [1.807, 2.05) is 6.92 Å². The second-order valence-corrected chi connectivity index (χ2v) is 3.93. The summed E-state index contributed by atoms with van der Waals surface area (Å²) in [6.07, 6.45) is 1.93. The standard InChI is InChI=1S/C12H18N2O2/c1-3-4-8(2)14-12(16)10-7-9(15)5-6-11(10)13/h5-8,15H,3-4,13H2,1-2H3,(H,14,16). The van der Waals surface area contributed by atoms with Crippen LogP contribution < -0.4 is 11.1 Å². The third kappa shape index (κ3) is 3.15. The van der Waals surface area contributed by atoms with Crippen LogP contribution in [-0.4, -0.2) is 17.1 Å². The molecule has 0 aliphatic heterocycles. The summed E-state index contributed by atoms with van der Waals surface area (Å²) in [6, 6.07) is 4.47. The summed E-state index contributed by atoms with van der Waals surface area (Å²) in [7, 11) is 0. The topological polar surface area (TPSA) is 75.3 Å². The van der Waals surface area contributed by atoms with E-state index in [0.717, 1.165) is 12.8 Å². The molecule has 16 heavy (non-hydrogen) atoms. The van der Waals surface area contributed by atoms with Gasteiger partial charge in [0.25, 0.3) is 5.91 Å². The minimum atomic E-state index is -0.241. The summed E-state index contributed by atoms with van der Waals surface area (Å²) in [5.41, 5.74) is 6.36. The van der Waals surface area contributed by atoms with E-state index in [4.69, 9.17) is 5.73 Å². The average molecular weight is 222 g/mol. The lowest BCUT2D eigenvalue weighted by Crippen LogP contribution is -2.32. The molecule has 0 bridgehead atoms. The van der Waals surface area contributed by atoms with Gasteiger partial charge in [-0.3, -0.25) is 4.79 Å². The van der Waals surface area contributed by atoms with E-state index < -0.39 is 0 Å². The van der Waals surface area contributed by atoms with Gasteiger partial charge in [0.15, 0.2) is 0 Å². The SMILES string of the molecule is CCCC(C)NC(=O)c1cc(O)ccc1N. The number of nitrogen functional groups attached to an aromatic ring is 1. The van der Waals surface area contributed by atoms with Gasteiger partial charge in [0, 0.05) is 11.7 Å². The number of nitrogens with one attached hydrogen (secondary N) is 1. The molecule has 1 aromatic rings. The number of rotatable bonds is 4. The van der Waals surface area contributed by atoms with Crippen LogP contribution in [0.25, 0.3) is 0 Å². The van der Waals surface area contributed by atoms with E-state index in [1.165, 1.54) is 18.2 Å². The van der Waals surface area contributed by atoms with Crippen LogP contribution in [0.3, 0.4) is 0 Å². The van der Waals surface area contributed by atoms with Crippen LogP contribution in [0.15, 0.2) is 18.2 Å². The van der Waals surface area contributed by atoms with Crippen molar-refractivity contribution in [3.63, 3.8) is 0 Å². The lowest BCUT2D eigenvalue weighted by Gasteiger charge is -2.13. The van der Waals surface area contributed by atoms with Crippen LogP contribution in [0.5, 0.6) is 5.75 Å². The normalized spacial score (nSPS) is 12.1. The number of benzene rings is 1. The highest BCUT2D eigenvalue weighted by molar-refractivity contribution is 5.99. The van der Waals surface area contributed by atoms with Gasteiger partial charge in [0.05, 0.1) is 5.56 Å². The maximum atomic E-state index is 11.8. The van der Waals surface area contributed by atoms with E-state index in [0.29, 0.717) is 11.3 Å². The van der Waals surface area contributed by atoms with Crippen molar-refractivity contribution in [2.45, 2.75) is 32.7 Å². The monoisotopic (exact) mass is 222 g/mol. The van der Waals surface area contributed by atoms with Gasteiger partial charge in [0.2, 0.25) is 0 Å². The first-order chi connectivity index (χ1) is 7.54. The van der Waals surface area contributed by atoms with E-state index in [2.05, 4.69) is 12.2 Å². The van der Waals surface area contributed by atoms with Crippen molar-refractivity contribution in [3.8, 4) is 5.75 Å². The zero-order valence-electron chi connectivity index (χ0n) is 9.66. The van der Waals surface area contributed by atoms with Gasteiger partial charge in [0.1, 0.15) is 5.75 Å². The molecule has 4 nitrogen and oxygen atoms in total. The summed E-state index contributed by atoms with van der Waals surface area (Å²) in [5.74, 6) is -0.197. The fourth-order valence-electron chi connectivity index (χ4n) is 1.55. The van der Waals surface area contributed by atoms with Crippen molar-refractivity contribution in [1.29, 1.82) is 0 Å². The Morgan fingerprint density at radius 2 is 2.25 bits per heavy atom. The molecule has 0 aliphatic rings. The molecule has 1 unspecified atom stereocenters. The third-order valence-electron chi connectivity index (χ3n) is 2.38. The molecule has 0 saturated heterocycles. The molecule has 4 heteroatoms. The second kappa shape index (κ2) is 5.39. The van der Waals surface area contributed by atoms with E-state index in [1.54, 1.807) is 0 Å². The predicted octanol–water partition coefficient (Wildman–Crippen LogP) is 1.89. The Morgan fingerprint density at radius 3 is 2.88 bits per heavy atom.